The van der Waals surface area contributed by atoms with E-state index in [1.165, 1.54) is 51.3 Å². The molecule has 3 heterocycles. The van der Waals surface area contributed by atoms with Crippen LogP contribution in [0.15, 0.2) is 28.9 Å². The van der Waals surface area contributed by atoms with Crippen LogP contribution in [0, 0.1) is 5.92 Å². The number of rotatable bonds is 4. The minimum absolute atomic E-state index is 0.269. The first-order chi connectivity index (χ1) is 10.3. The molecule has 2 saturated heterocycles. The summed E-state index contributed by atoms with van der Waals surface area (Å²) in [6.45, 7) is 3.16. The van der Waals surface area contributed by atoms with Crippen LogP contribution < -0.4 is 4.90 Å². The summed E-state index contributed by atoms with van der Waals surface area (Å²) in [6, 6.07) is 4.32. The number of hydrogen-bond acceptors (Lipinski definition) is 3. The Bertz CT molecular complexity index is 478. The van der Waals surface area contributed by atoms with E-state index < -0.39 is 0 Å². The highest BCUT2D eigenvalue weighted by atomic mass is 16.5. The molecular weight excluding hydrogens is 266 g/mol. The highest BCUT2D eigenvalue weighted by Gasteiger charge is 2.36. The van der Waals surface area contributed by atoms with Gasteiger partial charge in [-0.1, -0.05) is 0 Å². The van der Waals surface area contributed by atoms with Crippen molar-refractivity contribution in [3.8, 4) is 0 Å². The van der Waals surface area contributed by atoms with Crippen molar-refractivity contribution in [2.24, 2.45) is 5.92 Å². The summed E-state index contributed by atoms with van der Waals surface area (Å²) >= 11 is 0. The van der Waals surface area contributed by atoms with Gasteiger partial charge in [0.05, 0.1) is 25.4 Å². The molecule has 3 atom stereocenters. The van der Waals surface area contributed by atoms with Gasteiger partial charge < -0.3 is 14.1 Å². The first-order valence-electron chi connectivity index (χ1n) is 8.06. The van der Waals surface area contributed by atoms with Gasteiger partial charge in [-0.05, 0) is 50.3 Å². The Hall–Kier alpha value is -1.55. The van der Waals surface area contributed by atoms with E-state index >= 15 is 0 Å². The first kappa shape index (κ1) is 14.4. The number of piperidine rings is 2. The summed E-state index contributed by atoms with van der Waals surface area (Å²) in [5, 5.41) is 0. The highest BCUT2D eigenvalue weighted by molar-refractivity contribution is 5.86. The molecular formula is C17H24NO3+. The molecule has 0 aliphatic carbocycles. The summed E-state index contributed by atoms with van der Waals surface area (Å²) < 4.78 is 10.6. The highest BCUT2D eigenvalue weighted by Crippen LogP contribution is 2.20. The molecule has 21 heavy (non-hydrogen) atoms. The van der Waals surface area contributed by atoms with Crippen LogP contribution in [-0.2, 0) is 9.53 Å². The Morgan fingerprint density at radius 3 is 3.10 bits per heavy atom. The molecule has 0 amide bonds. The predicted molar refractivity (Wildman–Crippen MR) is 79.8 cm³/mol. The second-order valence-corrected chi connectivity index (χ2v) is 6.14. The Morgan fingerprint density at radius 1 is 1.33 bits per heavy atom. The van der Waals surface area contributed by atoms with Crippen molar-refractivity contribution < 1.29 is 18.8 Å². The maximum absolute atomic E-state index is 11.8. The van der Waals surface area contributed by atoms with Gasteiger partial charge in [0, 0.05) is 12.0 Å². The SMILES string of the molecule is O=C(/C=C/c1ccco1)OC[C@@H]1CCC[NH+]2CCCC[C@@H]12. The zero-order chi connectivity index (χ0) is 14.5. The molecule has 0 bridgehead atoms. The molecule has 4 heteroatoms. The van der Waals surface area contributed by atoms with Crippen molar-refractivity contribution in [3.63, 3.8) is 0 Å². The van der Waals surface area contributed by atoms with E-state index in [0.29, 0.717) is 24.3 Å². The number of ether oxygens (including phenoxy) is 1. The molecule has 3 rings (SSSR count). The lowest BCUT2D eigenvalue weighted by Gasteiger charge is -2.40. The smallest absolute Gasteiger partial charge is 0.330 e. The van der Waals surface area contributed by atoms with Crippen molar-refractivity contribution in [1.82, 2.24) is 0 Å². The molecule has 2 aliphatic heterocycles. The van der Waals surface area contributed by atoms with Gasteiger partial charge in [-0.3, -0.25) is 0 Å². The van der Waals surface area contributed by atoms with Gasteiger partial charge in [0.25, 0.3) is 0 Å². The number of carbonyl (C=O) groups excluding carboxylic acids is 1. The van der Waals surface area contributed by atoms with E-state index in [1.54, 1.807) is 23.3 Å². The topological polar surface area (TPSA) is 43.9 Å². The molecule has 0 spiro atoms. The Balaban J connectivity index is 1.48. The van der Waals surface area contributed by atoms with Crippen LogP contribution in [0.5, 0.6) is 0 Å². The molecule has 1 unspecified atom stereocenters. The monoisotopic (exact) mass is 290 g/mol. The van der Waals surface area contributed by atoms with Gasteiger partial charge in [0.15, 0.2) is 0 Å². The Labute approximate surface area is 125 Å². The molecule has 2 fully saturated rings. The average Bonchev–Trinajstić information content (AvgIpc) is 3.04. The zero-order valence-corrected chi connectivity index (χ0v) is 12.4. The van der Waals surface area contributed by atoms with Gasteiger partial charge in [0.2, 0.25) is 0 Å². The lowest BCUT2D eigenvalue weighted by Crippen LogP contribution is -3.18. The van der Waals surface area contributed by atoms with Gasteiger partial charge >= 0.3 is 5.97 Å². The first-order valence-corrected chi connectivity index (χ1v) is 8.06. The normalized spacial score (nSPS) is 29.2. The van der Waals surface area contributed by atoms with E-state index in [9.17, 15) is 4.79 Å². The summed E-state index contributed by atoms with van der Waals surface area (Å²) in [4.78, 5) is 13.5. The molecule has 0 radical (unpaired) electrons. The lowest BCUT2D eigenvalue weighted by molar-refractivity contribution is -0.940. The average molecular weight is 290 g/mol. The standard InChI is InChI=1S/C17H23NO3/c19-17(9-8-15-6-4-12-20-15)21-13-14-5-3-11-18-10-2-1-7-16(14)18/h4,6,8-9,12,14,16H,1-3,5,7,10-11,13H2/p+1/b9-8+/t14-,16-/m0/s1. The van der Waals surface area contributed by atoms with Crippen molar-refractivity contribution >= 4 is 12.0 Å². The molecule has 2 aliphatic rings. The fourth-order valence-corrected chi connectivity index (χ4v) is 3.75. The zero-order valence-electron chi connectivity index (χ0n) is 12.4. The molecule has 114 valence electrons. The van der Waals surface area contributed by atoms with Crippen LogP contribution in [0.25, 0.3) is 6.08 Å². The Morgan fingerprint density at radius 2 is 2.24 bits per heavy atom. The fourth-order valence-electron chi connectivity index (χ4n) is 3.75. The number of quaternary nitrogens is 1. The van der Waals surface area contributed by atoms with Crippen LogP contribution >= 0.6 is 0 Å². The summed E-state index contributed by atoms with van der Waals surface area (Å²) in [7, 11) is 0. The molecule has 0 saturated carbocycles. The van der Waals surface area contributed by atoms with Gasteiger partial charge in [-0.2, -0.15) is 0 Å². The molecule has 4 nitrogen and oxygen atoms in total. The second-order valence-electron chi connectivity index (χ2n) is 6.14. The number of nitrogens with one attached hydrogen (secondary N) is 1. The van der Waals surface area contributed by atoms with Gasteiger partial charge in [-0.15, -0.1) is 0 Å². The van der Waals surface area contributed by atoms with Crippen LogP contribution in [0.4, 0.5) is 0 Å². The van der Waals surface area contributed by atoms with Crippen LogP contribution in [0.2, 0.25) is 0 Å². The van der Waals surface area contributed by atoms with E-state index in [2.05, 4.69) is 0 Å². The van der Waals surface area contributed by atoms with Crippen molar-refractivity contribution in [3.05, 3.63) is 30.2 Å². The summed E-state index contributed by atoms with van der Waals surface area (Å²) in [5.74, 6) is 0.942. The van der Waals surface area contributed by atoms with Crippen LogP contribution in [0.3, 0.4) is 0 Å². The molecule has 1 N–H and O–H groups in total. The lowest BCUT2D eigenvalue weighted by atomic mass is 9.84. The van der Waals surface area contributed by atoms with Crippen LogP contribution in [-0.4, -0.2) is 31.7 Å². The minimum Gasteiger partial charge on any atom is -0.465 e. The maximum Gasteiger partial charge on any atom is 0.330 e. The number of hydrogen-bond donors (Lipinski definition) is 1. The fraction of sp³-hybridized carbons (Fsp3) is 0.588. The van der Waals surface area contributed by atoms with Crippen molar-refractivity contribution in [2.45, 2.75) is 38.1 Å². The van der Waals surface area contributed by atoms with Crippen molar-refractivity contribution in [2.75, 3.05) is 19.7 Å². The number of esters is 1. The third-order valence-electron chi connectivity index (χ3n) is 4.80. The van der Waals surface area contributed by atoms with E-state index in [0.717, 1.165) is 0 Å². The molecule has 1 aromatic heterocycles. The maximum atomic E-state index is 11.8. The van der Waals surface area contributed by atoms with E-state index in [1.807, 2.05) is 6.07 Å². The second kappa shape index (κ2) is 6.94. The third kappa shape index (κ3) is 3.76. The third-order valence-corrected chi connectivity index (χ3v) is 4.80. The van der Waals surface area contributed by atoms with E-state index in [-0.39, 0.29) is 5.97 Å². The Kier molecular flexibility index (Phi) is 4.76. The number of carbonyl (C=O) groups is 1. The van der Waals surface area contributed by atoms with Crippen molar-refractivity contribution in [1.29, 1.82) is 0 Å². The quantitative estimate of drug-likeness (QED) is 0.678. The molecule has 0 aromatic carbocycles. The molecule has 1 aromatic rings. The van der Waals surface area contributed by atoms with Gasteiger partial charge in [0.1, 0.15) is 12.4 Å². The van der Waals surface area contributed by atoms with Crippen LogP contribution in [0.1, 0.15) is 37.9 Å². The predicted octanol–water partition coefficient (Wildman–Crippen LogP) is 1.68. The summed E-state index contributed by atoms with van der Waals surface area (Å²) in [5.41, 5.74) is 0. The number of fused-ring (bicyclic) bond motifs is 1. The number of furan rings is 1. The minimum atomic E-state index is -0.269. The van der Waals surface area contributed by atoms with E-state index in [4.69, 9.17) is 9.15 Å². The largest absolute Gasteiger partial charge is 0.465 e. The van der Waals surface area contributed by atoms with Gasteiger partial charge in [-0.25, -0.2) is 4.79 Å². The summed E-state index contributed by atoms with van der Waals surface area (Å²) in [6.07, 6.45) is 11.1.